The fraction of sp³-hybridized carbons (Fsp3) is 0.222. The highest BCUT2D eigenvalue weighted by Gasteiger charge is 2.03. The zero-order valence-electron chi connectivity index (χ0n) is 7.84. The second kappa shape index (κ2) is 4.94. The lowest BCUT2D eigenvalue weighted by atomic mass is 10.3. The van der Waals surface area contributed by atoms with Crippen LogP contribution in [0.4, 0.5) is 11.4 Å². The van der Waals surface area contributed by atoms with Crippen LogP contribution in [-0.4, -0.2) is 22.5 Å². The fourth-order valence-corrected chi connectivity index (χ4v) is 1.01. The predicted molar refractivity (Wildman–Crippen MR) is 53.8 cm³/mol. The molecule has 1 aromatic rings. The number of hydrogen-bond acceptors (Lipinski definition) is 4. The van der Waals surface area contributed by atoms with Crippen molar-refractivity contribution < 1.29 is 14.8 Å². The van der Waals surface area contributed by atoms with Crippen LogP contribution in [0.1, 0.15) is 6.42 Å². The summed E-state index contributed by atoms with van der Waals surface area (Å²) in [6.07, 6.45) is 0.0109. The van der Waals surface area contributed by atoms with E-state index in [1.807, 2.05) is 0 Å². The lowest BCUT2D eigenvalue weighted by Crippen LogP contribution is -2.07. The molecular weight excluding hydrogens is 200 g/mol. The number of benzene rings is 1. The standard InChI is InChI=1S/C9H10N2O4/c12-9(13)5-6-10-7-1-3-8(4-2-7)11(14)15/h1-4,10H,5-6H2,(H,12,13). The maximum absolute atomic E-state index is 10.3. The van der Waals surface area contributed by atoms with E-state index in [-0.39, 0.29) is 12.1 Å². The van der Waals surface area contributed by atoms with Crippen LogP contribution >= 0.6 is 0 Å². The molecule has 6 nitrogen and oxygen atoms in total. The lowest BCUT2D eigenvalue weighted by molar-refractivity contribution is -0.384. The molecule has 0 saturated carbocycles. The second-order valence-electron chi connectivity index (χ2n) is 2.87. The number of carboxylic acid groups (broad SMARTS) is 1. The molecule has 0 amide bonds. The van der Waals surface area contributed by atoms with E-state index in [1.165, 1.54) is 12.1 Å². The molecule has 0 aliphatic carbocycles. The summed E-state index contributed by atoms with van der Waals surface area (Å²) >= 11 is 0. The van der Waals surface area contributed by atoms with Crippen LogP contribution in [0.15, 0.2) is 24.3 Å². The van der Waals surface area contributed by atoms with Crippen molar-refractivity contribution in [3.05, 3.63) is 34.4 Å². The summed E-state index contributed by atoms with van der Waals surface area (Å²) in [6, 6.07) is 5.81. The summed E-state index contributed by atoms with van der Waals surface area (Å²) in [4.78, 5) is 20.0. The van der Waals surface area contributed by atoms with Gasteiger partial charge < -0.3 is 10.4 Å². The number of nitrogens with zero attached hydrogens (tertiary/aromatic N) is 1. The van der Waals surface area contributed by atoms with Gasteiger partial charge in [0.05, 0.1) is 11.3 Å². The number of carbonyl (C=O) groups is 1. The highest BCUT2D eigenvalue weighted by Crippen LogP contribution is 2.14. The minimum Gasteiger partial charge on any atom is -0.481 e. The van der Waals surface area contributed by atoms with Crippen molar-refractivity contribution >= 4 is 17.3 Å². The zero-order valence-corrected chi connectivity index (χ0v) is 7.84. The average molecular weight is 210 g/mol. The van der Waals surface area contributed by atoms with Crippen molar-refractivity contribution in [2.45, 2.75) is 6.42 Å². The molecule has 0 atom stereocenters. The normalized spacial score (nSPS) is 9.60. The maximum Gasteiger partial charge on any atom is 0.305 e. The van der Waals surface area contributed by atoms with E-state index in [2.05, 4.69) is 5.32 Å². The van der Waals surface area contributed by atoms with Gasteiger partial charge in [-0.2, -0.15) is 0 Å². The van der Waals surface area contributed by atoms with Gasteiger partial charge in [0, 0.05) is 24.4 Å². The summed E-state index contributed by atoms with van der Waals surface area (Å²) in [5.41, 5.74) is 0.681. The Morgan fingerprint density at radius 1 is 1.40 bits per heavy atom. The van der Waals surface area contributed by atoms with E-state index in [1.54, 1.807) is 12.1 Å². The van der Waals surface area contributed by atoms with Crippen LogP contribution in [0.2, 0.25) is 0 Å². The number of anilines is 1. The Kier molecular flexibility index (Phi) is 3.61. The van der Waals surface area contributed by atoms with E-state index in [4.69, 9.17) is 5.11 Å². The monoisotopic (exact) mass is 210 g/mol. The third kappa shape index (κ3) is 3.63. The topological polar surface area (TPSA) is 92.5 Å². The van der Waals surface area contributed by atoms with Crippen LogP contribution in [0.25, 0.3) is 0 Å². The number of nitro groups is 1. The molecule has 2 N–H and O–H groups in total. The molecule has 0 fully saturated rings. The highest BCUT2D eigenvalue weighted by molar-refractivity contribution is 5.67. The predicted octanol–water partition coefficient (Wildman–Crippen LogP) is 1.48. The van der Waals surface area contributed by atoms with Crippen LogP contribution in [0.3, 0.4) is 0 Å². The van der Waals surface area contributed by atoms with Crippen LogP contribution in [0.5, 0.6) is 0 Å². The Labute approximate surface area is 85.7 Å². The first-order valence-electron chi connectivity index (χ1n) is 4.29. The SMILES string of the molecule is O=C(O)CCNc1ccc([N+](=O)[O-])cc1. The van der Waals surface area contributed by atoms with E-state index in [9.17, 15) is 14.9 Å². The summed E-state index contributed by atoms with van der Waals surface area (Å²) in [7, 11) is 0. The van der Waals surface area contributed by atoms with Gasteiger partial charge in [0.1, 0.15) is 0 Å². The van der Waals surface area contributed by atoms with Crippen molar-refractivity contribution in [1.82, 2.24) is 0 Å². The van der Waals surface area contributed by atoms with Crippen LogP contribution in [0, 0.1) is 10.1 Å². The molecule has 0 saturated heterocycles. The number of non-ortho nitro benzene ring substituents is 1. The molecule has 6 heteroatoms. The molecule has 15 heavy (non-hydrogen) atoms. The third-order valence-electron chi connectivity index (χ3n) is 1.75. The number of rotatable bonds is 5. The fourth-order valence-electron chi connectivity index (χ4n) is 1.01. The van der Waals surface area contributed by atoms with Gasteiger partial charge in [0.2, 0.25) is 0 Å². The Hall–Kier alpha value is -2.11. The first kappa shape index (κ1) is 11.0. The van der Waals surface area contributed by atoms with E-state index >= 15 is 0 Å². The molecule has 80 valence electrons. The lowest BCUT2D eigenvalue weighted by Gasteiger charge is -2.03. The molecule has 0 aliphatic rings. The Morgan fingerprint density at radius 3 is 2.47 bits per heavy atom. The van der Waals surface area contributed by atoms with Gasteiger partial charge in [0.25, 0.3) is 5.69 Å². The Bertz CT molecular complexity index is 361. The molecule has 1 aromatic carbocycles. The minimum absolute atomic E-state index is 0.0109. The van der Waals surface area contributed by atoms with Crippen molar-refractivity contribution in [2.24, 2.45) is 0 Å². The highest BCUT2D eigenvalue weighted by atomic mass is 16.6. The molecule has 0 aromatic heterocycles. The number of carboxylic acids is 1. The van der Waals surface area contributed by atoms with Crippen LogP contribution in [-0.2, 0) is 4.79 Å². The number of hydrogen-bond donors (Lipinski definition) is 2. The Balaban J connectivity index is 2.50. The zero-order chi connectivity index (χ0) is 11.3. The molecule has 0 aliphatic heterocycles. The minimum atomic E-state index is -0.885. The summed E-state index contributed by atoms with van der Waals surface area (Å²) in [5, 5.41) is 21.5. The second-order valence-corrected chi connectivity index (χ2v) is 2.87. The molecule has 0 radical (unpaired) electrons. The summed E-state index contributed by atoms with van der Waals surface area (Å²) in [5.74, 6) is -0.885. The van der Waals surface area contributed by atoms with E-state index < -0.39 is 10.9 Å². The average Bonchev–Trinajstić information content (AvgIpc) is 2.18. The largest absolute Gasteiger partial charge is 0.481 e. The number of nitro benzene ring substituents is 1. The van der Waals surface area contributed by atoms with Gasteiger partial charge in [0.15, 0.2) is 0 Å². The third-order valence-corrected chi connectivity index (χ3v) is 1.75. The first-order chi connectivity index (χ1) is 7.09. The van der Waals surface area contributed by atoms with E-state index in [0.29, 0.717) is 12.2 Å². The molecule has 1 rings (SSSR count). The number of aliphatic carboxylic acids is 1. The van der Waals surface area contributed by atoms with Crippen molar-refractivity contribution in [3.8, 4) is 0 Å². The van der Waals surface area contributed by atoms with Gasteiger partial charge in [-0.05, 0) is 12.1 Å². The Morgan fingerprint density at radius 2 is 2.00 bits per heavy atom. The van der Waals surface area contributed by atoms with Gasteiger partial charge in [-0.3, -0.25) is 14.9 Å². The van der Waals surface area contributed by atoms with Crippen LogP contribution < -0.4 is 5.32 Å². The molecule has 0 unspecified atom stereocenters. The van der Waals surface area contributed by atoms with Gasteiger partial charge in [-0.1, -0.05) is 0 Å². The molecular formula is C9H10N2O4. The molecule has 0 spiro atoms. The first-order valence-corrected chi connectivity index (χ1v) is 4.29. The maximum atomic E-state index is 10.3. The van der Waals surface area contributed by atoms with E-state index in [0.717, 1.165) is 0 Å². The molecule has 0 bridgehead atoms. The van der Waals surface area contributed by atoms with Crippen molar-refractivity contribution in [3.63, 3.8) is 0 Å². The molecule has 0 heterocycles. The van der Waals surface area contributed by atoms with Gasteiger partial charge >= 0.3 is 5.97 Å². The van der Waals surface area contributed by atoms with Gasteiger partial charge in [-0.25, -0.2) is 0 Å². The van der Waals surface area contributed by atoms with Gasteiger partial charge in [-0.15, -0.1) is 0 Å². The van der Waals surface area contributed by atoms with Crippen molar-refractivity contribution in [1.29, 1.82) is 0 Å². The smallest absolute Gasteiger partial charge is 0.305 e. The summed E-state index contributed by atoms with van der Waals surface area (Å²) < 4.78 is 0. The van der Waals surface area contributed by atoms with Crippen molar-refractivity contribution in [2.75, 3.05) is 11.9 Å². The summed E-state index contributed by atoms with van der Waals surface area (Å²) in [6.45, 7) is 0.299. The number of nitrogens with one attached hydrogen (secondary N) is 1. The quantitative estimate of drug-likeness (QED) is 0.567.